The summed E-state index contributed by atoms with van der Waals surface area (Å²) in [6.07, 6.45) is 0.0316. The number of halogens is 2. The van der Waals surface area contributed by atoms with E-state index in [9.17, 15) is 9.18 Å². The van der Waals surface area contributed by atoms with Crippen LogP contribution < -0.4 is 0 Å². The van der Waals surface area contributed by atoms with Crippen molar-refractivity contribution in [2.75, 3.05) is 0 Å². The zero-order valence-electron chi connectivity index (χ0n) is 8.91. The Hall–Kier alpha value is -1.14. The first-order chi connectivity index (χ1) is 8.08. The molecule has 0 radical (unpaired) electrons. The molecule has 1 aromatic heterocycles. The van der Waals surface area contributed by atoms with E-state index in [1.165, 1.54) is 6.07 Å². The predicted octanol–water partition coefficient (Wildman–Crippen LogP) is 3.17. The first-order valence-corrected chi connectivity index (χ1v) is 6.40. The Morgan fingerprint density at radius 2 is 2.29 bits per heavy atom. The summed E-state index contributed by atoms with van der Waals surface area (Å²) in [7, 11) is 0. The smallest absolute Gasteiger partial charge is 0.180 e. The van der Waals surface area contributed by atoms with Crippen molar-refractivity contribution in [3.05, 3.63) is 44.6 Å². The van der Waals surface area contributed by atoms with Gasteiger partial charge in [-0.2, -0.15) is 0 Å². The van der Waals surface area contributed by atoms with Crippen LogP contribution >= 0.6 is 27.5 Å². The fraction of sp³-hybridized carbons (Fsp3) is 0.182. The van der Waals surface area contributed by atoms with E-state index < -0.39 is 0 Å². The van der Waals surface area contributed by atoms with E-state index in [2.05, 4.69) is 25.5 Å². The molecule has 1 aromatic carbocycles. The minimum absolute atomic E-state index is 0.0316. The molecule has 0 saturated carbocycles. The van der Waals surface area contributed by atoms with Crippen LogP contribution in [0.1, 0.15) is 20.9 Å². The molecule has 88 valence electrons. The summed E-state index contributed by atoms with van der Waals surface area (Å²) in [5, 5.41) is 3.76. The standard InChI is InChI=1S/C11H8BrFN2OS/c1-6-11(17-15-14-6)10(16)4-7-2-3-8(12)5-9(7)13/h2-3,5H,4H2,1H3. The van der Waals surface area contributed by atoms with Gasteiger partial charge in [0.1, 0.15) is 10.7 Å². The molecule has 3 nitrogen and oxygen atoms in total. The normalized spacial score (nSPS) is 10.5. The summed E-state index contributed by atoms with van der Waals surface area (Å²) in [5.74, 6) is -0.540. The van der Waals surface area contributed by atoms with E-state index >= 15 is 0 Å². The van der Waals surface area contributed by atoms with Crippen molar-refractivity contribution >= 4 is 33.2 Å². The fourth-order valence-corrected chi connectivity index (χ4v) is 2.33. The van der Waals surface area contributed by atoms with Crippen molar-refractivity contribution in [1.82, 2.24) is 9.59 Å². The molecule has 1 heterocycles. The number of aromatic nitrogens is 2. The molecular weight excluding hydrogens is 307 g/mol. The lowest BCUT2D eigenvalue weighted by Gasteiger charge is -2.02. The summed E-state index contributed by atoms with van der Waals surface area (Å²) in [6, 6.07) is 4.66. The Labute approximate surface area is 110 Å². The number of hydrogen-bond donors (Lipinski definition) is 0. The topological polar surface area (TPSA) is 42.9 Å². The van der Waals surface area contributed by atoms with Crippen LogP contribution in [0.25, 0.3) is 0 Å². The number of ketones is 1. The second-order valence-corrected chi connectivity index (χ2v) is 5.19. The number of carbonyl (C=O) groups is 1. The maximum absolute atomic E-state index is 13.5. The first kappa shape index (κ1) is 12.3. The zero-order chi connectivity index (χ0) is 12.4. The number of hydrogen-bond acceptors (Lipinski definition) is 4. The monoisotopic (exact) mass is 314 g/mol. The number of Topliss-reactive ketones (excluding diaryl/α,β-unsaturated/α-hetero) is 1. The lowest BCUT2D eigenvalue weighted by molar-refractivity contribution is 0.0995. The summed E-state index contributed by atoms with van der Waals surface area (Å²) < 4.78 is 17.9. The zero-order valence-corrected chi connectivity index (χ0v) is 11.3. The van der Waals surface area contributed by atoms with Crippen molar-refractivity contribution < 1.29 is 9.18 Å². The highest BCUT2D eigenvalue weighted by atomic mass is 79.9. The van der Waals surface area contributed by atoms with Gasteiger partial charge >= 0.3 is 0 Å². The van der Waals surface area contributed by atoms with Gasteiger partial charge in [-0.15, -0.1) is 5.10 Å². The van der Waals surface area contributed by atoms with Gasteiger partial charge in [0.25, 0.3) is 0 Å². The molecule has 6 heteroatoms. The molecule has 2 aromatic rings. The highest BCUT2D eigenvalue weighted by molar-refractivity contribution is 9.10. The van der Waals surface area contributed by atoms with E-state index in [0.717, 1.165) is 11.5 Å². The Balaban J connectivity index is 2.22. The molecule has 0 aliphatic heterocycles. The van der Waals surface area contributed by atoms with Gasteiger partial charge in [-0.05, 0) is 36.2 Å². The highest BCUT2D eigenvalue weighted by Gasteiger charge is 2.15. The molecule has 0 aliphatic rings. The van der Waals surface area contributed by atoms with Crippen LogP contribution in [0, 0.1) is 12.7 Å². The Morgan fingerprint density at radius 1 is 1.53 bits per heavy atom. The van der Waals surface area contributed by atoms with Crippen LogP contribution in [0.15, 0.2) is 22.7 Å². The van der Waals surface area contributed by atoms with Gasteiger partial charge in [-0.1, -0.05) is 26.5 Å². The van der Waals surface area contributed by atoms with E-state index in [4.69, 9.17) is 0 Å². The predicted molar refractivity (Wildman–Crippen MR) is 66.8 cm³/mol. The first-order valence-electron chi connectivity index (χ1n) is 4.84. The maximum Gasteiger partial charge on any atom is 0.180 e. The second kappa shape index (κ2) is 5.01. The van der Waals surface area contributed by atoms with Crippen LogP contribution in [-0.2, 0) is 6.42 Å². The maximum atomic E-state index is 13.5. The summed E-state index contributed by atoms with van der Waals surface area (Å²) in [4.78, 5) is 12.4. The average Bonchev–Trinajstić information content (AvgIpc) is 2.68. The van der Waals surface area contributed by atoms with Crippen molar-refractivity contribution in [3.8, 4) is 0 Å². The Kier molecular flexibility index (Phi) is 3.63. The van der Waals surface area contributed by atoms with Crippen molar-refractivity contribution in [3.63, 3.8) is 0 Å². The molecule has 17 heavy (non-hydrogen) atoms. The van der Waals surface area contributed by atoms with Crippen LogP contribution in [0.4, 0.5) is 4.39 Å². The molecule has 0 amide bonds. The van der Waals surface area contributed by atoms with Crippen LogP contribution in [0.5, 0.6) is 0 Å². The highest BCUT2D eigenvalue weighted by Crippen LogP contribution is 2.18. The molecule has 0 atom stereocenters. The number of rotatable bonds is 3. The fourth-order valence-electron chi connectivity index (χ4n) is 1.40. The third-order valence-electron chi connectivity index (χ3n) is 2.27. The van der Waals surface area contributed by atoms with Gasteiger partial charge in [0, 0.05) is 10.9 Å². The molecule has 0 unspecified atom stereocenters. The minimum atomic E-state index is -0.386. The van der Waals surface area contributed by atoms with Crippen LogP contribution in [0.3, 0.4) is 0 Å². The van der Waals surface area contributed by atoms with E-state index in [0.29, 0.717) is 20.6 Å². The molecule has 0 aliphatic carbocycles. The van der Waals surface area contributed by atoms with Gasteiger partial charge in [0.05, 0.1) is 5.69 Å². The quantitative estimate of drug-likeness (QED) is 0.817. The largest absolute Gasteiger partial charge is 0.293 e. The third kappa shape index (κ3) is 2.76. The number of nitrogens with zero attached hydrogens (tertiary/aromatic N) is 2. The minimum Gasteiger partial charge on any atom is -0.293 e. The second-order valence-electron chi connectivity index (χ2n) is 3.52. The molecule has 0 fully saturated rings. The van der Waals surface area contributed by atoms with Gasteiger partial charge in [-0.25, -0.2) is 4.39 Å². The molecule has 0 bridgehead atoms. The van der Waals surface area contributed by atoms with Gasteiger partial charge in [-0.3, -0.25) is 4.79 Å². The van der Waals surface area contributed by atoms with Crippen molar-refractivity contribution in [2.24, 2.45) is 0 Å². The van der Waals surface area contributed by atoms with E-state index in [1.54, 1.807) is 19.1 Å². The third-order valence-corrected chi connectivity index (χ3v) is 3.63. The van der Waals surface area contributed by atoms with E-state index in [-0.39, 0.29) is 18.0 Å². The molecular formula is C11H8BrFN2OS. The van der Waals surface area contributed by atoms with Gasteiger partial charge < -0.3 is 0 Å². The van der Waals surface area contributed by atoms with E-state index in [1.807, 2.05) is 0 Å². The summed E-state index contributed by atoms with van der Waals surface area (Å²) >= 11 is 4.21. The number of aryl methyl sites for hydroxylation is 1. The lowest BCUT2D eigenvalue weighted by Crippen LogP contribution is -2.05. The molecule has 0 spiro atoms. The Morgan fingerprint density at radius 3 is 2.88 bits per heavy atom. The number of carbonyl (C=O) groups excluding carboxylic acids is 1. The molecule has 0 saturated heterocycles. The Bertz CT molecular complexity index is 570. The van der Waals surface area contributed by atoms with Crippen LogP contribution in [-0.4, -0.2) is 15.4 Å². The average molecular weight is 315 g/mol. The van der Waals surface area contributed by atoms with Crippen LogP contribution in [0.2, 0.25) is 0 Å². The SMILES string of the molecule is Cc1nnsc1C(=O)Cc1ccc(Br)cc1F. The van der Waals surface area contributed by atoms with Crippen molar-refractivity contribution in [1.29, 1.82) is 0 Å². The summed E-state index contributed by atoms with van der Waals surface area (Å²) in [5.41, 5.74) is 0.975. The number of benzene rings is 1. The molecule has 2 rings (SSSR count). The van der Waals surface area contributed by atoms with Crippen molar-refractivity contribution in [2.45, 2.75) is 13.3 Å². The lowest BCUT2D eigenvalue weighted by atomic mass is 10.1. The van der Waals surface area contributed by atoms with Gasteiger partial charge in [0.2, 0.25) is 0 Å². The van der Waals surface area contributed by atoms with Gasteiger partial charge in [0.15, 0.2) is 5.78 Å². The molecule has 0 N–H and O–H groups in total. The summed E-state index contributed by atoms with van der Waals surface area (Å²) in [6.45, 7) is 1.72.